The molecule has 9 atom stereocenters. The van der Waals surface area contributed by atoms with Gasteiger partial charge in [0.05, 0.1) is 34.1 Å². The van der Waals surface area contributed by atoms with Crippen LogP contribution in [0, 0.1) is 17.8 Å². The minimum atomic E-state index is -2.90. The molecule has 1 aromatic rings. The monoisotopic (exact) mass is 768 g/mol. The Kier molecular flexibility index (Phi) is 12.8. The van der Waals surface area contributed by atoms with Gasteiger partial charge in [-0.15, -0.1) is 0 Å². The summed E-state index contributed by atoms with van der Waals surface area (Å²) in [5, 5.41) is 0.502. The van der Waals surface area contributed by atoms with Gasteiger partial charge < -0.3 is 9.47 Å². The number of carbonyl (C=O) groups is 1. The summed E-state index contributed by atoms with van der Waals surface area (Å²) in [6, 6.07) is 6.69. The van der Waals surface area contributed by atoms with Crippen molar-refractivity contribution in [3.8, 4) is 0 Å². The van der Waals surface area contributed by atoms with E-state index in [1.807, 2.05) is 25.1 Å². The van der Waals surface area contributed by atoms with Crippen LogP contribution in [-0.2, 0) is 37.0 Å². The lowest BCUT2D eigenvalue weighted by Crippen LogP contribution is -2.62. The molecule has 0 aromatic heterocycles. The minimum Gasteiger partial charge on any atom is -0.374 e. The number of nitrogens with zero attached hydrogens (tertiary/aromatic N) is 3. The number of benzene rings is 1. The molecular formula is C43H65ClN4O4S. The van der Waals surface area contributed by atoms with Crippen LogP contribution in [0.25, 0.3) is 0 Å². The van der Waals surface area contributed by atoms with Crippen LogP contribution in [0.1, 0.15) is 96.1 Å². The van der Waals surface area contributed by atoms with Crippen molar-refractivity contribution in [1.29, 1.82) is 0 Å². The van der Waals surface area contributed by atoms with Crippen molar-refractivity contribution >= 4 is 33.1 Å². The molecule has 4 heterocycles. The molecule has 294 valence electrons. The Hall–Kier alpha value is -1.72. The van der Waals surface area contributed by atoms with Gasteiger partial charge in [0.25, 0.3) is 5.91 Å². The van der Waals surface area contributed by atoms with Gasteiger partial charge in [-0.3, -0.25) is 24.2 Å². The fourth-order valence-corrected chi connectivity index (χ4v) is 12.2. The number of carbonyl (C=O) groups excluding carboxylic acids is 1. The van der Waals surface area contributed by atoms with Gasteiger partial charge in [-0.1, -0.05) is 55.7 Å². The second kappa shape index (κ2) is 17.2. The number of nitrogens with one attached hydrogen (secondary N) is 1. The number of piperazine rings is 1. The molecule has 1 N–H and O–H groups in total. The zero-order valence-electron chi connectivity index (χ0n) is 32.6. The Bertz CT molecular complexity index is 1620. The van der Waals surface area contributed by atoms with E-state index in [0.717, 1.165) is 82.8 Å². The van der Waals surface area contributed by atoms with E-state index < -0.39 is 9.71 Å². The molecule has 1 amide bonds. The van der Waals surface area contributed by atoms with E-state index in [2.05, 4.69) is 57.3 Å². The van der Waals surface area contributed by atoms with Crippen LogP contribution in [0.2, 0.25) is 5.02 Å². The van der Waals surface area contributed by atoms with E-state index in [9.17, 15) is 9.00 Å². The number of rotatable bonds is 4. The van der Waals surface area contributed by atoms with Crippen LogP contribution in [0.15, 0.2) is 42.0 Å². The molecule has 53 heavy (non-hydrogen) atoms. The highest BCUT2D eigenvalue weighted by Crippen LogP contribution is 2.48. The Labute approximate surface area is 325 Å². The number of fused-ring (bicyclic) bond motifs is 3. The first-order valence-corrected chi connectivity index (χ1v) is 23.0. The van der Waals surface area contributed by atoms with Crippen LogP contribution < -0.4 is 4.72 Å². The summed E-state index contributed by atoms with van der Waals surface area (Å²) < 4.78 is 30.9. The van der Waals surface area contributed by atoms with Crippen molar-refractivity contribution in [3.63, 3.8) is 0 Å². The zero-order valence-corrected chi connectivity index (χ0v) is 34.2. The number of aryl methyl sites for hydroxylation is 1. The Morgan fingerprint density at radius 1 is 1.00 bits per heavy atom. The molecule has 7 rings (SSSR count). The average molecular weight is 770 g/mol. The van der Waals surface area contributed by atoms with Crippen LogP contribution in [0.5, 0.6) is 0 Å². The van der Waals surface area contributed by atoms with Crippen molar-refractivity contribution in [1.82, 2.24) is 19.4 Å². The standard InChI is InChI=1S/C43H65ClN4O4S/c1-5-52-43(30-46-23-24-47-21-9-7-13-38(47)28-46)20-10-11-31(2)32(3)53(4,50)45-42(49)34-16-19-41-40(26-34)48(27-35-15-18-39(35)43)22-8-6-12-33-25-37(44)17-14-36(33)29-51-41/h14,16-17,19,25-26,31-32,35,38-41H,4-13,15,18,20-24,27-30H2,1-3H3,(H,45,49,50)/t31-,32?,35-,38?,39+,40?,41?,43-,53?/m0/s1. The molecule has 0 radical (unpaired) electrons. The molecule has 3 fully saturated rings. The molecule has 6 aliphatic rings. The Morgan fingerprint density at radius 3 is 2.64 bits per heavy atom. The number of halogens is 1. The lowest BCUT2D eigenvalue weighted by Gasteiger charge is -2.55. The molecular weight excluding hydrogens is 704 g/mol. The summed E-state index contributed by atoms with van der Waals surface area (Å²) in [7, 11) is -2.90. The molecule has 8 nitrogen and oxygen atoms in total. The van der Waals surface area contributed by atoms with Crippen LogP contribution in [0.3, 0.4) is 0 Å². The van der Waals surface area contributed by atoms with Crippen molar-refractivity contribution in [3.05, 3.63) is 58.1 Å². The lowest BCUT2D eigenvalue weighted by molar-refractivity contribution is -0.157. The fraction of sp³-hybridized carbons (Fsp3) is 0.721. The molecule has 1 aromatic carbocycles. The van der Waals surface area contributed by atoms with E-state index in [4.69, 9.17) is 21.1 Å². The minimum absolute atomic E-state index is 0.123. The van der Waals surface area contributed by atoms with Gasteiger partial charge >= 0.3 is 0 Å². The highest BCUT2D eigenvalue weighted by molar-refractivity contribution is 7.99. The topological polar surface area (TPSA) is 74.4 Å². The Morgan fingerprint density at radius 2 is 1.83 bits per heavy atom. The molecule has 2 saturated heterocycles. The number of ether oxygens (including phenoxy) is 2. The van der Waals surface area contributed by atoms with Gasteiger partial charge in [-0.05, 0) is 132 Å². The highest BCUT2D eigenvalue weighted by Gasteiger charge is 2.50. The predicted octanol–water partition coefficient (Wildman–Crippen LogP) is 6.66. The van der Waals surface area contributed by atoms with Gasteiger partial charge in [0.2, 0.25) is 0 Å². The third-order valence-electron chi connectivity index (χ3n) is 13.9. The largest absolute Gasteiger partial charge is 0.374 e. The maximum atomic E-state index is 14.1. The average Bonchev–Trinajstić information content (AvgIpc) is 3.15. The van der Waals surface area contributed by atoms with Gasteiger partial charge in [-0.2, -0.15) is 0 Å². The molecule has 5 unspecified atom stereocenters. The third kappa shape index (κ3) is 8.97. The van der Waals surface area contributed by atoms with E-state index in [-0.39, 0.29) is 34.8 Å². The second-order valence-electron chi connectivity index (χ2n) is 17.2. The molecule has 4 aliphatic heterocycles. The second-order valence-corrected chi connectivity index (χ2v) is 20.0. The number of hydrogen-bond acceptors (Lipinski definition) is 7. The summed E-state index contributed by atoms with van der Waals surface area (Å²) in [4.78, 5) is 21.9. The fourth-order valence-electron chi connectivity index (χ4n) is 10.5. The number of hydrogen-bond donors (Lipinski definition) is 1. The van der Waals surface area contributed by atoms with Crippen molar-refractivity contribution < 1.29 is 18.5 Å². The lowest BCUT2D eigenvalue weighted by atomic mass is 9.62. The van der Waals surface area contributed by atoms with Crippen molar-refractivity contribution in [2.24, 2.45) is 17.8 Å². The first kappa shape index (κ1) is 39.5. The normalized spacial score (nSPS) is 38.2. The molecule has 0 spiro atoms. The smallest absolute Gasteiger partial charge is 0.262 e. The van der Waals surface area contributed by atoms with Crippen LogP contribution in [0.4, 0.5) is 0 Å². The molecule has 2 bridgehead atoms. The maximum absolute atomic E-state index is 14.1. The van der Waals surface area contributed by atoms with Crippen LogP contribution >= 0.6 is 11.6 Å². The SMILES string of the molecule is C=S1(=O)NC(=O)C2=CC3C(C=C2)OCc2ccc(Cl)cc2CCCCN3C[C@@H]2CC[C@H]2[C@](CN2CCN3CCCCC3C2)(OCC)CCC[C@H](C)C1C. The zero-order chi connectivity index (χ0) is 37.2. The summed E-state index contributed by atoms with van der Waals surface area (Å²) in [6.07, 6.45) is 18.1. The summed E-state index contributed by atoms with van der Waals surface area (Å²) in [5.41, 5.74) is 2.74. The third-order valence-corrected chi connectivity index (χ3v) is 16.3. The highest BCUT2D eigenvalue weighted by atomic mass is 35.5. The summed E-state index contributed by atoms with van der Waals surface area (Å²) in [6.45, 7) is 15.1. The van der Waals surface area contributed by atoms with E-state index in [0.29, 0.717) is 36.7 Å². The maximum Gasteiger partial charge on any atom is 0.262 e. The first-order chi connectivity index (χ1) is 25.5. The molecule has 2 aliphatic carbocycles. The number of amides is 1. The van der Waals surface area contributed by atoms with Crippen LogP contribution in [-0.4, -0.2) is 112 Å². The summed E-state index contributed by atoms with van der Waals surface area (Å²) in [5.74, 6) is 4.92. The Balaban J connectivity index is 1.22. The molecule has 1 saturated carbocycles. The van der Waals surface area contributed by atoms with E-state index >= 15 is 0 Å². The van der Waals surface area contributed by atoms with Gasteiger partial charge in [0, 0.05) is 61.2 Å². The van der Waals surface area contributed by atoms with Crippen molar-refractivity contribution in [2.45, 2.75) is 127 Å². The van der Waals surface area contributed by atoms with Crippen molar-refractivity contribution in [2.75, 3.05) is 52.4 Å². The first-order valence-electron chi connectivity index (χ1n) is 20.9. The summed E-state index contributed by atoms with van der Waals surface area (Å²) >= 11 is 6.45. The van der Waals surface area contributed by atoms with Gasteiger partial charge in [0.15, 0.2) is 0 Å². The van der Waals surface area contributed by atoms with E-state index in [1.54, 1.807) is 0 Å². The van der Waals surface area contributed by atoms with E-state index in [1.165, 1.54) is 49.8 Å². The molecule has 10 heteroatoms. The quantitative estimate of drug-likeness (QED) is 0.344. The van der Waals surface area contributed by atoms with Gasteiger partial charge in [0.1, 0.15) is 0 Å². The van der Waals surface area contributed by atoms with Gasteiger partial charge in [-0.25, -0.2) is 4.21 Å². The predicted molar refractivity (Wildman–Crippen MR) is 218 cm³/mol. The number of piperidine rings is 1.